The highest BCUT2D eigenvalue weighted by Crippen LogP contribution is 2.22. The van der Waals surface area contributed by atoms with Crippen LogP contribution in [0.4, 0.5) is 11.4 Å². The summed E-state index contributed by atoms with van der Waals surface area (Å²) in [5, 5.41) is 13.4. The standard InChI is InChI=1S/C12H13N5O3/c13-10-2-1-8(5-11(10)17(19)20)12(18)15-4-3-9-6-14-7-16-9/h1-2,5-7H,3-4,13H2,(H,14,16)(H,15,18). The fourth-order valence-corrected chi connectivity index (χ4v) is 1.68. The Balaban J connectivity index is 1.98. The van der Waals surface area contributed by atoms with E-state index in [1.807, 2.05) is 0 Å². The Bertz CT molecular complexity index is 624. The summed E-state index contributed by atoms with van der Waals surface area (Å²) in [7, 11) is 0. The van der Waals surface area contributed by atoms with Crippen LogP contribution in [-0.4, -0.2) is 27.3 Å². The SMILES string of the molecule is Nc1ccc(C(=O)NCCc2cnc[nH]2)cc1[N+](=O)[O-]. The van der Waals surface area contributed by atoms with Gasteiger partial charge in [0.1, 0.15) is 5.69 Å². The molecule has 0 spiro atoms. The number of nitrogens with two attached hydrogens (primary N) is 1. The van der Waals surface area contributed by atoms with Gasteiger partial charge in [-0.2, -0.15) is 0 Å². The molecule has 1 heterocycles. The maximum absolute atomic E-state index is 11.9. The fraction of sp³-hybridized carbons (Fsp3) is 0.167. The van der Waals surface area contributed by atoms with E-state index in [1.165, 1.54) is 18.2 Å². The smallest absolute Gasteiger partial charge is 0.292 e. The molecule has 8 heteroatoms. The molecule has 2 rings (SSSR count). The number of rotatable bonds is 5. The third-order valence-corrected chi connectivity index (χ3v) is 2.72. The molecule has 0 bridgehead atoms. The van der Waals surface area contributed by atoms with Crippen LogP contribution >= 0.6 is 0 Å². The van der Waals surface area contributed by atoms with Crippen molar-refractivity contribution in [2.24, 2.45) is 0 Å². The number of aromatic amines is 1. The Labute approximate surface area is 114 Å². The number of aromatic nitrogens is 2. The number of nitro groups is 1. The van der Waals surface area contributed by atoms with E-state index in [-0.39, 0.29) is 22.8 Å². The average molecular weight is 275 g/mol. The lowest BCUT2D eigenvalue weighted by atomic mass is 10.1. The van der Waals surface area contributed by atoms with Crippen molar-refractivity contribution in [1.29, 1.82) is 0 Å². The number of benzene rings is 1. The van der Waals surface area contributed by atoms with Gasteiger partial charge in [0.25, 0.3) is 11.6 Å². The zero-order chi connectivity index (χ0) is 14.5. The van der Waals surface area contributed by atoms with Gasteiger partial charge in [0, 0.05) is 36.5 Å². The molecule has 8 nitrogen and oxygen atoms in total. The number of H-pyrrole nitrogens is 1. The molecular weight excluding hydrogens is 262 g/mol. The molecule has 1 amide bonds. The minimum atomic E-state index is -0.614. The number of anilines is 1. The number of amides is 1. The van der Waals surface area contributed by atoms with Gasteiger partial charge in [-0.15, -0.1) is 0 Å². The summed E-state index contributed by atoms with van der Waals surface area (Å²) in [6, 6.07) is 3.97. The second-order valence-corrected chi connectivity index (χ2v) is 4.11. The number of carbonyl (C=O) groups excluding carboxylic acids is 1. The van der Waals surface area contributed by atoms with Crippen molar-refractivity contribution >= 4 is 17.3 Å². The average Bonchev–Trinajstić information content (AvgIpc) is 2.92. The molecule has 2 aromatic rings. The van der Waals surface area contributed by atoms with Gasteiger partial charge in [-0.3, -0.25) is 14.9 Å². The van der Waals surface area contributed by atoms with Crippen molar-refractivity contribution in [2.45, 2.75) is 6.42 Å². The molecule has 0 unspecified atom stereocenters. The van der Waals surface area contributed by atoms with E-state index >= 15 is 0 Å². The minimum absolute atomic E-state index is 0.0315. The van der Waals surface area contributed by atoms with E-state index in [1.54, 1.807) is 12.5 Å². The minimum Gasteiger partial charge on any atom is -0.393 e. The number of nitrogens with one attached hydrogen (secondary N) is 2. The van der Waals surface area contributed by atoms with Crippen molar-refractivity contribution in [2.75, 3.05) is 12.3 Å². The van der Waals surface area contributed by atoms with Gasteiger partial charge >= 0.3 is 0 Å². The molecule has 0 saturated heterocycles. The van der Waals surface area contributed by atoms with Crippen LogP contribution in [0.2, 0.25) is 0 Å². The first-order valence-electron chi connectivity index (χ1n) is 5.87. The van der Waals surface area contributed by atoms with Crippen molar-refractivity contribution in [3.8, 4) is 0 Å². The molecule has 1 aromatic carbocycles. The first-order valence-corrected chi connectivity index (χ1v) is 5.87. The fourth-order valence-electron chi connectivity index (χ4n) is 1.68. The highest BCUT2D eigenvalue weighted by atomic mass is 16.6. The number of imidazole rings is 1. The Kier molecular flexibility index (Phi) is 3.94. The quantitative estimate of drug-likeness (QED) is 0.424. The van der Waals surface area contributed by atoms with Crippen LogP contribution in [0.1, 0.15) is 16.1 Å². The summed E-state index contributed by atoms with van der Waals surface area (Å²) in [5.74, 6) is -0.382. The lowest BCUT2D eigenvalue weighted by Gasteiger charge is -2.05. The molecule has 0 aliphatic carbocycles. The van der Waals surface area contributed by atoms with Gasteiger partial charge in [-0.05, 0) is 12.1 Å². The largest absolute Gasteiger partial charge is 0.393 e. The maximum atomic E-state index is 11.9. The van der Waals surface area contributed by atoms with Crippen LogP contribution < -0.4 is 11.1 Å². The van der Waals surface area contributed by atoms with Gasteiger partial charge in [0.15, 0.2) is 0 Å². The van der Waals surface area contributed by atoms with Gasteiger partial charge in [-0.1, -0.05) is 0 Å². The molecule has 0 saturated carbocycles. The highest BCUT2D eigenvalue weighted by molar-refractivity contribution is 5.95. The number of nitrogens with zero attached hydrogens (tertiary/aromatic N) is 2. The molecule has 4 N–H and O–H groups in total. The zero-order valence-electron chi connectivity index (χ0n) is 10.5. The molecule has 20 heavy (non-hydrogen) atoms. The molecular formula is C12H13N5O3. The Hall–Kier alpha value is -2.90. The topological polar surface area (TPSA) is 127 Å². The monoisotopic (exact) mass is 275 g/mol. The van der Waals surface area contributed by atoms with E-state index in [0.29, 0.717) is 13.0 Å². The van der Waals surface area contributed by atoms with E-state index in [0.717, 1.165) is 5.69 Å². The van der Waals surface area contributed by atoms with Crippen LogP contribution in [0.25, 0.3) is 0 Å². The van der Waals surface area contributed by atoms with E-state index in [4.69, 9.17) is 5.73 Å². The van der Waals surface area contributed by atoms with Crippen molar-refractivity contribution in [3.05, 3.63) is 52.1 Å². The van der Waals surface area contributed by atoms with Crippen LogP contribution in [0.15, 0.2) is 30.7 Å². The Morgan fingerprint density at radius 3 is 2.95 bits per heavy atom. The second-order valence-electron chi connectivity index (χ2n) is 4.11. The first-order chi connectivity index (χ1) is 9.58. The van der Waals surface area contributed by atoms with E-state index in [2.05, 4.69) is 15.3 Å². The molecule has 104 valence electrons. The van der Waals surface area contributed by atoms with Gasteiger partial charge < -0.3 is 16.0 Å². The van der Waals surface area contributed by atoms with Crippen LogP contribution in [0.3, 0.4) is 0 Å². The Morgan fingerprint density at radius 2 is 2.30 bits per heavy atom. The molecule has 0 aliphatic rings. The summed E-state index contributed by atoms with van der Waals surface area (Å²) >= 11 is 0. The summed E-state index contributed by atoms with van der Waals surface area (Å²) in [6.07, 6.45) is 3.82. The molecule has 0 aliphatic heterocycles. The van der Waals surface area contributed by atoms with Crippen molar-refractivity contribution in [3.63, 3.8) is 0 Å². The van der Waals surface area contributed by atoms with Crippen molar-refractivity contribution < 1.29 is 9.72 Å². The normalized spacial score (nSPS) is 10.2. The Morgan fingerprint density at radius 1 is 1.50 bits per heavy atom. The highest BCUT2D eigenvalue weighted by Gasteiger charge is 2.15. The molecule has 1 aromatic heterocycles. The summed E-state index contributed by atoms with van der Waals surface area (Å²) < 4.78 is 0. The van der Waals surface area contributed by atoms with Crippen LogP contribution in [-0.2, 0) is 6.42 Å². The maximum Gasteiger partial charge on any atom is 0.292 e. The number of hydrogen-bond acceptors (Lipinski definition) is 5. The van der Waals surface area contributed by atoms with E-state index < -0.39 is 4.92 Å². The lowest BCUT2D eigenvalue weighted by molar-refractivity contribution is -0.383. The summed E-state index contributed by atoms with van der Waals surface area (Å²) in [6.45, 7) is 0.402. The molecule has 0 atom stereocenters. The summed E-state index contributed by atoms with van der Waals surface area (Å²) in [5.41, 5.74) is 6.33. The van der Waals surface area contributed by atoms with Crippen LogP contribution in [0, 0.1) is 10.1 Å². The van der Waals surface area contributed by atoms with Crippen LogP contribution in [0.5, 0.6) is 0 Å². The third kappa shape index (κ3) is 3.10. The van der Waals surface area contributed by atoms with Gasteiger partial charge in [0.2, 0.25) is 0 Å². The lowest BCUT2D eigenvalue weighted by Crippen LogP contribution is -2.25. The van der Waals surface area contributed by atoms with E-state index in [9.17, 15) is 14.9 Å². The number of hydrogen-bond donors (Lipinski definition) is 3. The summed E-state index contributed by atoms with van der Waals surface area (Å²) in [4.78, 5) is 28.8. The second kappa shape index (κ2) is 5.83. The first kappa shape index (κ1) is 13.5. The molecule has 0 fully saturated rings. The molecule has 0 radical (unpaired) electrons. The van der Waals surface area contributed by atoms with Gasteiger partial charge in [0.05, 0.1) is 11.3 Å². The number of nitrogen functional groups attached to an aromatic ring is 1. The predicted octanol–water partition coefficient (Wildman–Crippen LogP) is 0.873. The third-order valence-electron chi connectivity index (χ3n) is 2.72. The zero-order valence-corrected chi connectivity index (χ0v) is 10.5. The number of nitro benzene ring substituents is 1. The number of carbonyl (C=O) groups is 1. The van der Waals surface area contributed by atoms with Gasteiger partial charge in [-0.25, -0.2) is 4.98 Å². The van der Waals surface area contributed by atoms with Crippen molar-refractivity contribution in [1.82, 2.24) is 15.3 Å². The predicted molar refractivity (Wildman–Crippen MR) is 72.1 cm³/mol.